The van der Waals surface area contributed by atoms with Crippen molar-refractivity contribution in [2.45, 2.75) is 125 Å². The number of rotatable bonds is 9. The Hall–Kier alpha value is -2.56. The molecule has 1 aromatic carbocycles. The van der Waals surface area contributed by atoms with E-state index in [1.54, 1.807) is 13.0 Å². The van der Waals surface area contributed by atoms with Crippen molar-refractivity contribution in [3.8, 4) is 5.75 Å². The molecule has 0 unspecified atom stereocenters. The minimum absolute atomic E-state index is 0.0892. The summed E-state index contributed by atoms with van der Waals surface area (Å²) in [5.74, 6) is 5.10. The second-order valence-corrected chi connectivity index (χ2v) is 16.2. The predicted molar refractivity (Wildman–Crippen MR) is 180 cm³/mol. The van der Waals surface area contributed by atoms with Crippen LogP contribution in [0.1, 0.15) is 116 Å². The molecule has 246 valence electrons. The van der Waals surface area contributed by atoms with Crippen molar-refractivity contribution in [3.05, 3.63) is 51.4 Å². The predicted octanol–water partition coefficient (Wildman–Crippen LogP) is 9.74. The molecular formula is C40H56O5. The van der Waals surface area contributed by atoms with Gasteiger partial charge in [-0.1, -0.05) is 65.5 Å². The molecule has 45 heavy (non-hydrogen) atoms. The van der Waals surface area contributed by atoms with Crippen LogP contribution in [0.2, 0.25) is 0 Å². The number of esters is 1. The zero-order valence-corrected chi connectivity index (χ0v) is 28.9. The first kappa shape index (κ1) is 32.4. The van der Waals surface area contributed by atoms with Gasteiger partial charge in [-0.05, 0) is 123 Å². The third-order valence-electron chi connectivity index (χ3n) is 13.3. The summed E-state index contributed by atoms with van der Waals surface area (Å²) < 4.78 is 17.2. The maximum Gasteiger partial charge on any atom is 0.344 e. The highest BCUT2D eigenvalue weighted by molar-refractivity contribution is 5.82. The number of allylic oxidation sites excluding steroid dienone is 1. The molecule has 1 heterocycles. The lowest BCUT2D eigenvalue weighted by Gasteiger charge is -2.58. The molecule has 3 fully saturated rings. The maximum absolute atomic E-state index is 12.9. The molecule has 4 aliphatic carbocycles. The molecule has 8 atom stereocenters. The molecule has 0 bridgehead atoms. The maximum atomic E-state index is 12.9. The topological polar surface area (TPSA) is 65.7 Å². The molecule has 6 rings (SSSR count). The SMILES string of the molecule is Cc1c(C)c2ccc(OCC(=O)O[C@H]3CC[C@@]4(C)C(=CC[C@@H]5[C@H]4CC[C@]4(C)[C@@H]([C@H](C)CCCC(C)C)CC[C@@H]54)C3)cc2oc1=O. The molecule has 5 nitrogen and oxygen atoms in total. The van der Waals surface area contributed by atoms with Crippen LogP contribution in [0.5, 0.6) is 5.75 Å². The fourth-order valence-corrected chi connectivity index (χ4v) is 10.6. The van der Waals surface area contributed by atoms with Gasteiger partial charge in [-0.3, -0.25) is 0 Å². The fourth-order valence-electron chi connectivity index (χ4n) is 10.6. The molecule has 4 aliphatic rings. The first-order chi connectivity index (χ1) is 21.4. The molecule has 0 aliphatic heterocycles. The van der Waals surface area contributed by atoms with E-state index in [1.807, 2.05) is 19.1 Å². The summed E-state index contributed by atoms with van der Waals surface area (Å²) >= 11 is 0. The summed E-state index contributed by atoms with van der Waals surface area (Å²) in [4.78, 5) is 25.0. The molecule has 0 N–H and O–H groups in total. The Balaban J connectivity index is 1.05. The molecule has 5 heteroatoms. The van der Waals surface area contributed by atoms with Crippen LogP contribution in [0.15, 0.2) is 39.1 Å². The molecular weight excluding hydrogens is 560 g/mol. The highest BCUT2D eigenvalue weighted by Crippen LogP contribution is 2.67. The highest BCUT2D eigenvalue weighted by Gasteiger charge is 2.59. The lowest BCUT2D eigenvalue weighted by atomic mass is 9.47. The van der Waals surface area contributed by atoms with Crippen molar-refractivity contribution >= 4 is 16.9 Å². The van der Waals surface area contributed by atoms with Gasteiger partial charge in [-0.2, -0.15) is 0 Å². The van der Waals surface area contributed by atoms with Gasteiger partial charge in [-0.15, -0.1) is 0 Å². The summed E-state index contributed by atoms with van der Waals surface area (Å²) in [5, 5.41) is 0.872. The number of carbonyl (C=O) groups excluding carboxylic acids is 1. The zero-order chi connectivity index (χ0) is 32.1. The van der Waals surface area contributed by atoms with E-state index in [9.17, 15) is 9.59 Å². The van der Waals surface area contributed by atoms with Gasteiger partial charge in [0.1, 0.15) is 17.4 Å². The Morgan fingerprint density at radius 3 is 2.58 bits per heavy atom. The summed E-state index contributed by atoms with van der Waals surface area (Å²) in [6.45, 7) is 16.0. The Kier molecular flexibility index (Phi) is 9.04. The smallest absolute Gasteiger partial charge is 0.344 e. The van der Waals surface area contributed by atoms with Crippen molar-refractivity contribution in [1.82, 2.24) is 0 Å². The van der Waals surface area contributed by atoms with E-state index in [1.165, 1.54) is 56.9 Å². The van der Waals surface area contributed by atoms with E-state index in [0.717, 1.165) is 65.7 Å². The number of benzene rings is 1. The van der Waals surface area contributed by atoms with E-state index >= 15 is 0 Å². The number of hydrogen-bond acceptors (Lipinski definition) is 5. The van der Waals surface area contributed by atoms with Gasteiger partial charge in [0.2, 0.25) is 0 Å². The largest absolute Gasteiger partial charge is 0.482 e. The van der Waals surface area contributed by atoms with Gasteiger partial charge in [-0.25, -0.2) is 9.59 Å². The van der Waals surface area contributed by atoms with Crippen molar-refractivity contribution in [2.24, 2.45) is 46.3 Å². The Morgan fingerprint density at radius 2 is 1.80 bits per heavy atom. The van der Waals surface area contributed by atoms with E-state index in [-0.39, 0.29) is 29.7 Å². The van der Waals surface area contributed by atoms with E-state index in [4.69, 9.17) is 13.9 Å². The van der Waals surface area contributed by atoms with Crippen LogP contribution in [0.25, 0.3) is 11.0 Å². The lowest BCUT2D eigenvalue weighted by molar-refractivity contribution is -0.153. The second kappa shape index (κ2) is 12.6. The molecule has 0 saturated heterocycles. The summed E-state index contributed by atoms with van der Waals surface area (Å²) in [6, 6.07) is 5.37. The normalized spacial score (nSPS) is 33.2. The summed E-state index contributed by atoms with van der Waals surface area (Å²) in [5.41, 5.74) is 3.90. The first-order valence-corrected chi connectivity index (χ1v) is 18.0. The van der Waals surface area contributed by atoms with Crippen LogP contribution < -0.4 is 10.4 Å². The number of aryl methyl sites for hydroxylation is 1. The molecule has 0 spiro atoms. The summed E-state index contributed by atoms with van der Waals surface area (Å²) in [6.07, 6.45) is 16.3. The summed E-state index contributed by atoms with van der Waals surface area (Å²) in [7, 11) is 0. The van der Waals surface area contributed by atoms with E-state index in [2.05, 4.69) is 40.7 Å². The van der Waals surface area contributed by atoms with Crippen molar-refractivity contribution in [3.63, 3.8) is 0 Å². The second-order valence-electron chi connectivity index (χ2n) is 16.2. The number of carbonyl (C=O) groups is 1. The number of fused-ring (bicyclic) bond motifs is 6. The molecule has 0 amide bonds. The van der Waals surface area contributed by atoms with Gasteiger partial charge in [0.15, 0.2) is 6.61 Å². The standard InChI is InChI=1S/C40H56O5/c1-24(2)9-8-10-25(3)33-15-16-34-32-13-11-28-21-30(17-19-39(28,6)35(32)18-20-40(33,34)7)44-37(41)23-43-29-12-14-31-26(4)27(5)38(42)45-36(31)22-29/h11-12,14,22,24-25,30,32-35H,8-10,13,15-21,23H2,1-7H3/t25-,30+,32+,33-,34+,35-,39+,40-/m1/s1. The molecule has 3 saturated carbocycles. The van der Waals surface area contributed by atoms with Gasteiger partial charge in [0.25, 0.3) is 0 Å². The van der Waals surface area contributed by atoms with Gasteiger partial charge >= 0.3 is 11.6 Å². The number of ether oxygens (including phenoxy) is 2. The van der Waals surface area contributed by atoms with Crippen LogP contribution in [0.4, 0.5) is 0 Å². The van der Waals surface area contributed by atoms with Crippen LogP contribution >= 0.6 is 0 Å². The first-order valence-electron chi connectivity index (χ1n) is 18.0. The quantitative estimate of drug-likeness (QED) is 0.159. The molecule has 1 aromatic heterocycles. The minimum atomic E-state index is -0.346. The Bertz CT molecular complexity index is 1500. The van der Waals surface area contributed by atoms with Crippen LogP contribution in [0, 0.1) is 60.2 Å². The van der Waals surface area contributed by atoms with Crippen molar-refractivity contribution in [1.29, 1.82) is 0 Å². The number of hydrogen-bond donors (Lipinski definition) is 0. The van der Waals surface area contributed by atoms with Crippen LogP contribution in [-0.2, 0) is 9.53 Å². The lowest BCUT2D eigenvalue weighted by Crippen LogP contribution is -2.51. The molecule has 2 aromatic rings. The zero-order valence-electron chi connectivity index (χ0n) is 28.9. The van der Waals surface area contributed by atoms with Gasteiger partial charge < -0.3 is 13.9 Å². The average Bonchev–Trinajstić information content (AvgIpc) is 3.36. The third-order valence-corrected chi connectivity index (χ3v) is 13.3. The minimum Gasteiger partial charge on any atom is -0.482 e. The van der Waals surface area contributed by atoms with E-state index in [0.29, 0.717) is 22.3 Å². The van der Waals surface area contributed by atoms with E-state index < -0.39 is 0 Å². The Morgan fingerprint density at radius 1 is 1.00 bits per heavy atom. The van der Waals surface area contributed by atoms with Crippen LogP contribution in [0.3, 0.4) is 0 Å². The Labute approximate surface area is 270 Å². The average molecular weight is 617 g/mol. The van der Waals surface area contributed by atoms with Crippen molar-refractivity contribution in [2.75, 3.05) is 6.61 Å². The van der Waals surface area contributed by atoms with Gasteiger partial charge in [0.05, 0.1) is 0 Å². The third kappa shape index (κ3) is 6.02. The van der Waals surface area contributed by atoms with Gasteiger partial charge in [0, 0.05) is 23.4 Å². The fraction of sp³-hybridized carbons (Fsp3) is 0.700. The monoisotopic (exact) mass is 616 g/mol. The molecule has 0 radical (unpaired) electrons. The van der Waals surface area contributed by atoms with Crippen LogP contribution in [-0.4, -0.2) is 18.7 Å². The van der Waals surface area contributed by atoms with Crippen molar-refractivity contribution < 1.29 is 18.7 Å². The highest BCUT2D eigenvalue weighted by atomic mass is 16.6.